The second kappa shape index (κ2) is 15.5. The molecule has 8 nitrogen and oxygen atoms in total. The van der Waals surface area contributed by atoms with Gasteiger partial charge < -0.3 is 29.2 Å². The van der Waals surface area contributed by atoms with Crippen LogP contribution in [0.5, 0.6) is 11.5 Å². The largest absolute Gasteiger partial charge is 0.507 e. The first-order chi connectivity index (χ1) is 22.4. The van der Waals surface area contributed by atoms with Gasteiger partial charge in [-0.25, -0.2) is 4.98 Å². The van der Waals surface area contributed by atoms with Gasteiger partial charge >= 0.3 is 5.97 Å². The molecule has 0 radical (unpaired) electrons. The molecule has 48 heavy (non-hydrogen) atoms. The van der Waals surface area contributed by atoms with Crippen LogP contribution < -0.4 is 10.1 Å². The number of carbonyl (C=O) groups is 1. The standard InChI is InChI=1S/C40H59N3O5/c1-38(2,3)32-23-29(24-33(35(32)44)39(4,5)6)36-42-30(26-47-36)19-22-46-31-17-15-27(16-18-31)25-43(10)21-12-14-28-13-11-20-41-34(28)37(45)48-40(7,8)9/h15-18,23-24,26,28,34,41,44H,11-14,19-22,25H2,1-10H3. The molecule has 2 heterocycles. The fourth-order valence-electron chi connectivity index (χ4n) is 6.34. The first kappa shape index (κ1) is 37.5. The van der Waals surface area contributed by atoms with Gasteiger partial charge in [0.2, 0.25) is 5.89 Å². The number of oxazole rings is 1. The molecule has 1 saturated heterocycles. The molecular formula is C40H59N3O5. The Morgan fingerprint density at radius 3 is 2.27 bits per heavy atom. The maximum atomic E-state index is 12.7. The number of aromatic nitrogens is 1. The Labute approximate surface area is 288 Å². The van der Waals surface area contributed by atoms with Gasteiger partial charge in [-0.1, -0.05) is 53.7 Å². The molecule has 0 amide bonds. The van der Waals surface area contributed by atoms with Crippen LogP contribution in [0.25, 0.3) is 11.5 Å². The van der Waals surface area contributed by atoms with Gasteiger partial charge in [-0.3, -0.25) is 4.79 Å². The average Bonchev–Trinajstić information content (AvgIpc) is 3.45. The molecule has 2 N–H and O–H groups in total. The van der Waals surface area contributed by atoms with Gasteiger partial charge in [0.05, 0.1) is 12.3 Å². The van der Waals surface area contributed by atoms with Crippen LogP contribution in [0.2, 0.25) is 0 Å². The number of nitrogens with one attached hydrogen (secondary N) is 1. The molecule has 0 saturated carbocycles. The summed E-state index contributed by atoms with van der Waals surface area (Å²) in [7, 11) is 2.15. The van der Waals surface area contributed by atoms with E-state index in [0.29, 0.717) is 30.6 Å². The highest BCUT2D eigenvalue weighted by molar-refractivity contribution is 5.76. The quantitative estimate of drug-likeness (QED) is 0.188. The summed E-state index contributed by atoms with van der Waals surface area (Å²) in [6, 6.07) is 12.1. The van der Waals surface area contributed by atoms with Crippen LogP contribution in [0.3, 0.4) is 0 Å². The van der Waals surface area contributed by atoms with Crippen molar-refractivity contribution in [2.75, 3.05) is 26.7 Å². The van der Waals surface area contributed by atoms with Gasteiger partial charge in [-0.05, 0) is 113 Å². The number of ether oxygens (including phenoxy) is 2. The van der Waals surface area contributed by atoms with Gasteiger partial charge in [-0.15, -0.1) is 0 Å². The minimum absolute atomic E-state index is 0.118. The summed E-state index contributed by atoms with van der Waals surface area (Å²) in [6.07, 6.45) is 6.52. The van der Waals surface area contributed by atoms with E-state index in [1.54, 1.807) is 6.26 Å². The Morgan fingerprint density at radius 2 is 1.67 bits per heavy atom. The minimum Gasteiger partial charge on any atom is -0.507 e. The molecule has 2 atom stereocenters. The number of nitrogens with zero attached hydrogens (tertiary/aromatic N) is 2. The number of hydrogen-bond acceptors (Lipinski definition) is 8. The lowest BCUT2D eigenvalue weighted by atomic mass is 9.78. The first-order valence-corrected chi connectivity index (χ1v) is 17.6. The van der Waals surface area contributed by atoms with Crippen LogP contribution in [0.15, 0.2) is 47.1 Å². The third kappa shape index (κ3) is 10.6. The predicted molar refractivity (Wildman–Crippen MR) is 193 cm³/mol. The molecule has 0 spiro atoms. The van der Waals surface area contributed by atoms with E-state index >= 15 is 0 Å². The normalized spacial score (nSPS) is 17.5. The number of phenols is 1. The summed E-state index contributed by atoms with van der Waals surface area (Å²) in [5, 5.41) is 14.5. The topological polar surface area (TPSA) is 97.1 Å². The number of piperidine rings is 1. The number of esters is 1. The molecular weight excluding hydrogens is 602 g/mol. The maximum absolute atomic E-state index is 12.7. The van der Waals surface area contributed by atoms with E-state index in [9.17, 15) is 9.90 Å². The van der Waals surface area contributed by atoms with Crippen molar-refractivity contribution in [3.8, 4) is 23.0 Å². The van der Waals surface area contributed by atoms with Gasteiger partial charge in [0.1, 0.15) is 29.4 Å². The summed E-state index contributed by atoms with van der Waals surface area (Å²) in [4.78, 5) is 19.8. The van der Waals surface area contributed by atoms with Gasteiger partial charge in [0.25, 0.3) is 0 Å². The summed E-state index contributed by atoms with van der Waals surface area (Å²) >= 11 is 0. The average molecular weight is 662 g/mol. The summed E-state index contributed by atoms with van der Waals surface area (Å²) < 4.78 is 17.6. The van der Waals surface area contributed by atoms with E-state index in [1.165, 1.54) is 5.56 Å². The molecule has 2 unspecified atom stereocenters. The van der Waals surface area contributed by atoms with Crippen molar-refractivity contribution < 1.29 is 23.8 Å². The van der Waals surface area contributed by atoms with Crippen molar-refractivity contribution in [1.82, 2.24) is 15.2 Å². The highest BCUT2D eigenvalue weighted by atomic mass is 16.6. The molecule has 0 bridgehead atoms. The van der Waals surface area contributed by atoms with Gasteiger partial charge in [0, 0.05) is 29.7 Å². The monoisotopic (exact) mass is 661 g/mol. The molecule has 1 aliphatic heterocycles. The molecule has 2 aromatic carbocycles. The molecule has 3 aromatic rings. The van der Waals surface area contributed by atoms with E-state index in [2.05, 4.69) is 70.9 Å². The Morgan fingerprint density at radius 1 is 1.02 bits per heavy atom. The van der Waals surface area contributed by atoms with Gasteiger partial charge in [-0.2, -0.15) is 0 Å². The number of aromatic hydroxyl groups is 1. The molecule has 0 aliphatic carbocycles. The first-order valence-electron chi connectivity index (χ1n) is 17.6. The van der Waals surface area contributed by atoms with Crippen LogP contribution in [0.4, 0.5) is 0 Å². The summed E-state index contributed by atoms with van der Waals surface area (Å²) in [6.45, 7) is 21.6. The third-order valence-electron chi connectivity index (χ3n) is 8.89. The van der Waals surface area contributed by atoms with Crippen LogP contribution in [-0.4, -0.2) is 59.3 Å². The second-order valence-electron chi connectivity index (χ2n) is 16.6. The highest BCUT2D eigenvalue weighted by Crippen LogP contribution is 2.42. The SMILES string of the molecule is CN(CCCC1CCCNC1C(=O)OC(C)(C)C)Cc1ccc(OCCc2coc(-c3cc(C(C)(C)C)c(O)c(C(C)(C)C)c3)n2)cc1. The summed E-state index contributed by atoms with van der Waals surface area (Å²) in [5.74, 6) is 1.92. The van der Waals surface area contributed by atoms with E-state index in [0.717, 1.165) is 73.5 Å². The van der Waals surface area contributed by atoms with Crippen molar-refractivity contribution in [2.24, 2.45) is 5.92 Å². The van der Waals surface area contributed by atoms with Crippen molar-refractivity contribution in [3.05, 3.63) is 65.0 Å². The second-order valence-corrected chi connectivity index (χ2v) is 16.6. The Kier molecular flexibility index (Phi) is 12.1. The Balaban J connectivity index is 1.24. The zero-order valence-electron chi connectivity index (χ0n) is 31.0. The predicted octanol–water partition coefficient (Wildman–Crippen LogP) is 8.19. The Bertz CT molecular complexity index is 1460. The van der Waals surface area contributed by atoms with E-state index < -0.39 is 5.60 Å². The highest BCUT2D eigenvalue weighted by Gasteiger charge is 2.33. The smallest absolute Gasteiger partial charge is 0.323 e. The van der Waals surface area contributed by atoms with E-state index in [4.69, 9.17) is 18.9 Å². The van der Waals surface area contributed by atoms with Crippen LogP contribution in [0.1, 0.15) is 110 Å². The van der Waals surface area contributed by atoms with Crippen LogP contribution in [-0.2, 0) is 33.3 Å². The molecule has 4 rings (SSSR count). The fourth-order valence-corrected chi connectivity index (χ4v) is 6.34. The lowest BCUT2D eigenvalue weighted by Gasteiger charge is -2.33. The molecule has 1 fully saturated rings. The van der Waals surface area contributed by atoms with E-state index in [-0.39, 0.29) is 22.8 Å². The van der Waals surface area contributed by atoms with Crippen molar-refractivity contribution in [3.63, 3.8) is 0 Å². The summed E-state index contributed by atoms with van der Waals surface area (Å²) in [5.41, 5.74) is 3.77. The lowest BCUT2D eigenvalue weighted by Crippen LogP contribution is -2.49. The maximum Gasteiger partial charge on any atom is 0.323 e. The molecule has 1 aromatic heterocycles. The lowest BCUT2D eigenvalue weighted by molar-refractivity contribution is -0.159. The molecule has 1 aliphatic rings. The number of rotatable bonds is 12. The third-order valence-corrected chi connectivity index (χ3v) is 8.89. The number of benzene rings is 2. The van der Waals surface area contributed by atoms with Gasteiger partial charge in [0.15, 0.2) is 0 Å². The van der Waals surface area contributed by atoms with Crippen molar-refractivity contribution in [1.29, 1.82) is 0 Å². The Hall–Kier alpha value is -3.36. The zero-order chi connectivity index (χ0) is 35.3. The zero-order valence-corrected chi connectivity index (χ0v) is 31.0. The minimum atomic E-state index is -0.466. The number of hydrogen-bond donors (Lipinski definition) is 2. The van der Waals surface area contributed by atoms with Crippen LogP contribution >= 0.6 is 0 Å². The number of phenolic OH excluding ortho intramolecular Hbond substituents is 1. The molecule has 264 valence electrons. The number of carbonyl (C=O) groups excluding carboxylic acids is 1. The van der Waals surface area contributed by atoms with Crippen molar-refractivity contribution >= 4 is 5.97 Å². The van der Waals surface area contributed by atoms with E-state index in [1.807, 2.05) is 45.0 Å². The fraction of sp³-hybridized carbons (Fsp3) is 0.600. The van der Waals surface area contributed by atoms with Crippen LogP contribution in [0, 0.1) is 5.92 Å². The molecule has 8 heteroatoms. The van der Waals surface area contributed by atoms with Crippen molar-refractivity contribution in [2.45, 2.75) is 123 Å².